The fourth-order valence-electron chi connectivity index (χ4n) is 9.91. The number of nitrogens with one attached hydrogen (secondary N) is 2. The van der Waals surface area contributed by atoms with Gasteiger partial charge in [0.15, 0.2) is 0 Å². The Labute approximate surface area is 322 Å². The molecule has 12 heteroatoms. The summed E-state index contributed by atoms with van der Waals surface area (Å²) in [5, 5.41) is 5.22. The van der Waals surface area contributed by atoms with Crippen LogP contribution in [-0.4, -0.2) is 96.7 Å². The van der Waals surface area contributed by atoms with Gasteiger partial charge in [0.1, 0.15) is 12.1 Å². The van der Waals surface area contributed by atoms with Crippen molar-refractivity contribution in [1.29, 1.82) is 0 Å². The minimum atomic E-state index is -0.672. The molecule has 4 aliphatic heterocycles. The second-order valence-electron chi connectivity index (χ2n) is 15.8. The molecular formula is C43H50N6O6. The Bertz CT molecular complexity index is 2030. The molecule has 4 amide bonds. The molecule has 6 atom stereocenters. The van der Waals surface area contributed by atoms with E-state index in [2.05, 4.69) is 51.8 Å². The van der Waals surface area contributed by atoms with E-state index in [0.717, 1.165) is 54.7 Å². The molecule has 2 aromatic rings. The lowest BCUT2D eigenvalue weighted by molar-refractivity contribution is -0.133. The average molecular weight is 747 g/mol. The van der Waals surface area contributed by atoms with Gasteiger partial charge in [-0.25, -0.2) is 9.59 Å². The second kappa shape index (κ2) is 15.1. The maximum atomic E-state index is 13.3. The number of fused-ring (bicyclic) bond motifs is 5. The molecule has 2 aromatic carbocycles. The van der Waals surface area contributed by atoms with Gasteiger partial charge in [-0.3, -0.25) is 19.6 Å². The van der Waals surface area contributed by atoms with Crippen molar-refractivity contribution in [3.63, 3.8) is 0 Å². The number of benzene rings is 2. The van der Waals surface area contributed by atoms with E-state index in [-0.39, 0.29) is 23.9 Å². The third-order valence-electron chi connectivity index (χ3n) is 12.6. The number of likely N-dealkylation sites (tertiary alicyclic amines) is 2. The van der Waals surface area contributed by atoms with Crippen molar-refractivity contribution in [2.75, 3.05) is 27.3 Å². The molecule has 1 saturated carbocycles. The molecule has 0 spiro atoms. The zero-order valence-electron chi connectivity index (χ0n) is 32.1. The summed E-state index contributed by atoms with van der Waals surface area (Å²) < 4.78 is 9.39. The zero-order chi connectivity index (χ0) is 38.4. The van der Waals surface area contributed by atoms with Crippen LogP contribution >= 0.6 is 0 Å². The van der Waals surface area contributed by atoms with Crippen molar-refractivity contribution in [1.82, 2.24) is 20.4 Å². The summed E-state index contributed by atoms with van der Waals surface area (Å²) in [4.78, 5) is 63.5. The average Bonchev–Trinajstić information content (AvgIpc) is 4.06. The lowest BCUT2D eigenvalue weighted by atomic mass is 9.80. The highest BCUT2D eigenvalue weighted by molar-refractivity contribution is 6.05. The van der Waals surface area contributed by atoms with E-state index < -0.39 is 24.3 Å². The SMILES string of the molecule is COC(=O)N[C@@H](C)C(=O)N1CCCC1C1=NC=C(c2ccc(-c3ccc(C4=CN=C(C5CCCN5C(=O)[C@@H](C)NC(=O)OC)C4)cc3)c3c2C2CCC3C2)C1. The highest BCUT2D eigenvalue weighted by Crippen LogP contribution is 2.58. The Morgan fingerprint density at radius 3 is 1.67 bits per heavy atom. The van der Waals surface area contributed by atoms with Gasteiger partial charge in [-0.2, -0.15) is 0 Å². The number of alkyl carbamates (subject to hydrolysis) is 2. The number of nitrogens with zero attached hydrogens (tertiary/aromatic N) is 4. The predicted octanol–water partition coefficient (Wildman–Crippen LogP) is 6.56. The van der Waals surface area contributed by atoms with Crippen LogP contribution < -0.4 is 10.6 Å². The smallest absolute Gasteiger partial charge is 0.407 e. The van der Waals surface area contributed by atoms with Gasteiger partial charge in [0.2, 0.25) is 11.8 Å². The standard InChI is InChI=1S/C43H50N6O6/c1-24(46-42(52)54-3)40(50)48-17-5-7-36(48)34-20-30(22-44-34)26-9-11-27(12-10-26)32-15-16-33(39-29-14-13-28(19-29)38(32)39)31-21-35(45-23-31)37-8-6-18-49(37)41(51)25(2)47-43(53)55-4/h9-12,15-16,22-25,28-29,36-37H,5-8,13-14,17-21H2,1-4H3,(H,46,52)(H,47,53)/t24-,25+,28?,29?,36?,37?/m1/s1. The Balaban J connectivity index is 0.949. The van der Waals surface area contributed by atoms with Crippen LogP contribution in [0.5, 0.6) is 0 Å². The molecule has 0 radical (unpaired) electrons. The van der Waals surface area contributed by atoms with Crippen molar-refractivity contribution in [2.24, 2.45) is 9.98 Å². The van der Waals surface area contributed by atoms with Gasteiger partial charge in [-0.15, -0.1) is 0 Å². The number of methoxy groups -OCH3 is 2. The first-order valence-electron chi connectivity index (χ1n) is 19.7. The van der Waals surface area contributed by atoms with Gasteiger partial charge >= 0.3 is 12.2 Å². The molecule has 0 aromatic heterocycles. The van der Waals surface area contributed by atoms with Crippen LogP contribution in [0.15, 0.2) is 58.8 Å². The van der Waals surface area contributed by atoms with E-state index in [1.165, 1.54) is 66.9 Å². The fourth-order valence-corrected chi connectivity index (χ4v) is 9.91. The lowest BCUT2D eigenvalue weighted by Crippen LogP contribution is -2.50. The number of carbonyl (C=O) groups is 4. The van der Waals surface area contributed by atoms with E-state index in [1.54, 1.807) is 13.8 Å². The predicted molar refractivity (Wildman–Crippen MR) is 211 cm³/mol. The molecule has 3 fully saturated rings. The van der Waals surface area contributed by atoms with Crippen LogP contribution in [0.3, 0.4) is 0 Å². The number of aliphatic imine (C=N–C) groups is 2. The summed E-state index contributed by atoms with van der Waals surface area (Å²) in [6, 6.07) is 12.0. The topological polar surface area (TPSA) is 142 Å². The number of ether oxygens (including phenoxy) is 2. The maximum Gasteiger partial charge on any atom is 0.407 e. The molecule has 2 bridgehead atoms. The van der Waals surface area contributed by atoms with Gasteiger partial charge in [0, 0.05) is 49.8 Å². The monoisotopic (exact) mass is 746 g/mol. The summed E-state index contributed by atoms with van der Waals surface area (Å²) in [6.07, 6.45) is 11.3. The number of amides is 4. The number of hydrogen-bond donors (Lipinski definition) is 2. The molecular weight excluding hydrogens is 697 g/mol. The van der Waals surface area contributed by atoms with Gasteiger partial charge in [-0.05, 0) is 115 Å². The van der Waals surface area contributed by atoms with Gasteiger partial charge < -0.3 is 29.9 Å². The van der Waals surface area contributed by atoms with Gasteiger partial charge in [-0.1, -0.05) is 36.4 Å². The second-order valence-corrected chi connectivity index (χ2v) is 15.8. The molecule has 288 valence electrons. The van der Waals surface area contributed by atoms with Crippen molar-refractivity contribution in [3.05, 3.63) is 71.1 Å². The first kappa shape index (κ1) is 36.7. The van der Waals surface area contributed by atoms with Crippen LogP contribution in [0, 0.1) is 0 Å². The lowest BCUT2D eigenvalue weighted by Gasteiger charge is -2.28. The number of carbonyl (C=O) groups excluding carboxylic acids is 4. The summed E-state index contributed by atoms with van der Waals surface area (Å²) in [5.41, 5.74) is 12.3. The fraction of sp³-hybridized carbons (Fsp3) is 0.488. The minimum absolute atomic E-state index is 0.0690. The van der Waals surface area contributed by atoms with Gasteiger partial charge in [0.25, 0.3) is 0 Å². The van der Waals surface area contributed by atoms with E-state index >= 15 is 0 Å². The number of allylic oxidation sites excluding steroid dienone is 2. The summed E-state index contributed by atoms with van der Waals surface area (Å²) >= 11 is 0. The normalized spacial score (nSPS) is 24.8. The van der Waals surface area contributed by atoms with Crippen molar-refractivity contribution >= 4 is 46.6 Å². The molecule has 55 heavy (non-hydrogen) atoms. The molecule has 6 aliphatic rings. The summed E-state index contributed by atoms with van der Waals surface area (Å²) in [7, 11) is 2.59. The molecule has 2 aliphatic carbocycles. The summed E-state index contributed by atoms with van der Waals surface area (Å²) in [6.45, 7) is 4.69. The van der Waals surface area contributed by atoms with E-state index in [1.807, 2.05) is 22.2 Å². The number of hydrogen-bond acceptors (Lipinski definition) is 8. The maximum absolute atomic E-state index is 13.3. The number of rotatable bonds is 9. The third kappa shape index (κ3) is 6.84. The molecule has 12 nitrogen and oxygen atoms in total. The molecule has 2 saturated heterocycles. The van der Waals surface area contributed by atoms with Crippen LogP contribution in [0.25, 0.3) is 22.3 Å². The first-order chi connectivity index (χ1) is 26.6. The molecule has 4 heterocycles. The van der Waals surface area contributed by atoms with Crippen molar-refractivity contribution < 1.29 is 28.7 Å². The van der Waals surface area contributed by atoms with Crippen molar-refractivity contribution in [2.45, 2.75) is 108 Å². The molecule has 2 N–H and O–H groups in total. The summed E-state index contributed by atoms with van der Waals surface area (Å²) in [5.74, 6) is 0.879. The third-order valence-corrected chi connectivity index (χ3v) is 12.6. The van der Waals surface area contributed by atoms with Crippen LogP contribution in [-0.2, 0) is 19.1 Å². The minimum Gasteiger partial charge on any atom is -0.453 e. The van der Waals surface area contributed by atoms with E-state index in [4.69, 9.17) is 14.7 Å². The first-order valence-corrected chi connectivity index (χ1v) is 19.7. The van der Waals surface area contributed by atoms with Crippen molar-refractivity contribution in [3.8, 4) is 11.1 Å². The highest BCUT2D eigenvalue weighted by atomic mass is 16.5. The molecule has 4 unspecified atom stereocenters. The molecule has 8 rings (SSSR count). The van der Waals surface area contributed by atoms with E-state index in [0.29, 0.717) is 31.3 Å². The largest absolute Gasteiger partial charge is 0.453 e. The Morgan fingerprint density at radius 2 is 1.13 bits per heavy atom. The Morgan fingerprint density at radius 1 is 0.655 bits per heavy atom. The van der Waals surface area contributed by atoms with Crippen LogP contribution in [0.4, 0.5) is 9.59 Å². The quantitative estimate of drug-likeness (QED) is 0.298. The Kier molecular flexibility index (Phi) is 10.1. The van der Waals surface area contributed by atoms with E-state index in [9.17, 15) is 19.2 Å². The Hall–Kier alpha value is -5.26. The van der Waals surface area contributed by atoms with Crippen LogP contribution in [0.2, 0.25) is 0 Å². The van der Waals surface area contributed by atoms with Crippen LogP contribution in [0.1, 0.15) is 106 Å². The zero-order valence-corrected chi connectivity index (χ0v) is 32.1. The highest BCUT2D eigenvalue weighted by Gasteiger charge is 2.42. The van der Waals surface area contributed by atoms with Gasteiger partial charge in [0.05, 0.1) is 26.3 Å².